The van der Waals surface area contributed by atoms with Crippen LogP contribution in [0.15, 0.2) is 5.10 Å². The summed E-state index contributed by atoms with van der Waals surface area (Å²) in [7, 11) is 0. The number of nitrogens with zero attached hydrogens (tertiary/aromatic N) is 1. The second-order valence-corrected chi connectivity index (χ2v) is 10.1. The Labute approximate surface area is 157 Å². The first kappa shape index (κ1) is 17.7. The average Bonchev–Trinajstić information content (AvgIpc) is 2.90. The average molecular weight is 364 g/mol. The minimum atomic E-state index is -0.0557. The van der Waals surface area contributed by atoms with Crippen LogP contribution in [0.2, 0.25) is 0 Å². The van der Waals surface area contributed by atoms with Crippen LogP contribution in [-0.4, -0.2) is 22.0 Å². The van der Waals surface area contributed by atoms with Gasteiger partial charge in [-0.1, -0.05) is 13.8 Å². The molecular weight excluding hydrogens is 330 g/mol. The third-order valence-corrected chi connectivity index (χ3v) is 8.77. The number of aliphatic hydroxyl groups is 1. The number of nitrogens with two attached hydrogens (primary N) is 1. The number of thiocarbonyl (C=S) groups is 1. The maximum absolute atomic E-state index is 10.1. The number of nitrogens with one attached hydrogen (secondary N) is 1. The van der Waals surface area contributed by atoms with E-state index in [1.807, 2.05) is 0 Å². The molecule has 4 N–H and O–H groups in total. The Kier molecular flexibility index (Phi) is 4.39. The number of hydrogen-bond donors (Lipinski definition) is 3. The highest BCUT2D eigenvalue weighted by molar-refractivity contribution is 7.80. The van der Waals surface area contributed by atoms with Gasteiger partial charge >= 0.3 is 0 Å². The molecule has 0 unspecified atom stereocenters. The van der Waals surface area contributed by atoms with Gasteiger partial charge in [0.2, 0.25) is 0 Å². The van der Waals surface area contributed by atoms with Gasteiger partial charge in [0.05, 0.1) is 6.10 Å². The van der Waals surface area contributed by atoms with Crippen LogP contribution in [0.5, 0.6) is 0 Å². The summed E-state index contributed by atoms with van der Waals surface area (Å²) in [4.78, 5) is 0. The van der Waals surface area contributed by atoms with Crippen LogP contribution in [0.4, 0.5) is 0 Å². The van der Waals surface area contributed by atoms with Crippen LogP contribution in [0.3, 0.4) is 0 Å². The lowest BCUT2D eigenvalue weighted by Crippen LogP contribution is -2.54. The molecule has 4 fully saturated rings. The normalized spacial score (nSPS) is 50.7. The number of hydrazone groups is 1. The van der Waals surface area contributed by atoms with Gasteiger partial charge in [0.25, 0.3) is 0 Å². The molecule has 0 amide bonds. The minimum Gasteiger partial charge on any atom is -0.393 e. The molecule has 4 aliphatic rings. The third kappa shape index (κ3) is 2.73. The van der Waals surface area contributed by atoms with E-state index in [0.29, 0.717) is 5.41 Å². The van der Waals surface area contributed by atoms with Gasteiger partial charge in [0.1, 0.15) is 0 Å². The molecular formula is C20H33N3OS. The zero-order valence-corrected chi connectivity index (χ0v) is 16.4. The van der Waals surface area contributed by atoms with E-state index in [1.54, 1.807) is 0 Å². The third-order valence-electron chi connectivity index (χ3n) is 8.68. The second kappa shape index (κ2) is 6.19. The van der Waals surface area contributed by atoms with E-state index in [0.717, 1.165) is 42.9 Å². The van der Waals surface area contributed by atoms with Crippen molar-refractivity contribution in [3.63, 3.8) is 0 Å². The van der Waals surface area contributed by atoms with Gasteiger partial charge in [-0.3, -0.25) is 5.43 Å². The topological polar surface area (TPSA) is 70.6 Å². The maximum atomic E-state index is 10.1. The molecule has 140 valence electrons. The molecule has 25 heavy (non-hydrogen) atoms. The predicted octanol–water partition coefficient (Wildman–Crippen LogP) is 3.58. The lowest BCUT2D eigenvalue weighted by molar-refractivity contribution is -0.113. The molecule has 7 atom stereocenters. The van der Waals surface area contributed by atoms with E-state index in [2.05, 4.69) is 24.4 Å². The molecule has 4 saturated carbocycles. The van der Waals surface area contributed by atoms with E-state index in [4.69, 9.17) is 18.0 Å². The summed E-state index contributed by atoms with van der Waals surface area (Å²) in [6.45, 7) is 4.97. The summed E-state index contributed by atoms with van der Waals surface area (Å²) in [5.41, 5.74) is 10.4. The lowest BCUT2D eigenvalue weighted by atomic mass is 9.45. The molecule has 4 aliphatic carbocycles. The molecule has 0 aromatic carbocycles. The molecule has 4 nitrogen and oxygen atoms in total. The van der Waals surface area contributed by atoms with E-state index in [-0.39, 0.29) is 16.6 Å². The van der Waals surface area contributed by atoms with E-state index >= 15 is 0 Å². The summed E-state index contributed by atoms with van der Waals surface area (Å²) >= 11 is 4.93. The van der Waals surface area contributed by atoms with Crippen molar-refractivity contribution in [2.45, 2.75) is 77.7 Å². The van der Waals surface area contributed by atoms with Gasteiger partial charge in [-0.05, 0) is 99.1 Å². The van der Waals surface area contributed by atoms with Gasteiger partial charge in [-0.15, -0.1) is 0 Å². The fourth-order valence-electron chi connectivity index (χ4n) is 7.33. The van der Waals surface area contributed by atoms with Crippen molar-refractivity contribution >= 4 is 23.0 Å². The van der Waals surface area contributed by atoms with Crippen molar-refractivity contribution in [1.82, 2.24) is 5.43 Å². The van der Waals surface area contributed by atoms with Gasteiger partial charge in [0.15, 0.2) is 5.11 Å². The lowest BCUT2D eigenvalue weighted by Gasteiger charge is -2.60. The number of fused-ring (bicyclic) bond motifs is 5. The molecule has 4 rings (SSSR count). The molecule has 0 radical (unpaired) electrons. The molecule has 0 heterocycles. The summed E-state index contributed by atoms with van der Waals surface area (Å²) < 4.78 is 0. The van der Waals surface area contributed by atoms with Gasteiger partial charge in [0, 0.05) is 11.1 Å². The fraction of sp³-hybridized carbons (Fsp3) is 0.900. The zero-order valence-electron chi connectivity index (χ0n) is 15.6. The molecule has 0 saturated heterocycles. The molecule has 0 aromatic heterocycles. The molecule has 5 heteroatoms. The first-order valence-electron chi connectivity index (χ1n) is 10.1. The fourth-order valence-corrected chi connectivity index (χ4v) is 7.38. The van der Waals surface area contributed by atoms with Gasteiger partial charge in [-0.2, -0.15) is 5.10 Å². The van der Waals surface area contributed by atoms with E-state index < -0.39 is 0 Å². The van der Waals surface area contributed by atoms with Crippen LogP contribution in [0, 0.1) is 34.5 Å². The Morgan fingerprint density at radius 2 is 1.96 bits per heavy atom. The van der Waals surface area contributed by atoms with Crippen molar-refractivity contribution in [1.29, 1.82) is 0 Å². The molecule has 0 aliphatic heterocycles. The van der Waals surface area contributed by atoms with Crippen LogP contribution >= 0.6 is 12.2 Å². The zero-order chi connectivity index (χ0) is 17.8. The highest BCUT2D eigenvalue weighted by Gasteiger charge is 2.59. The number of rotatable bonds is 1. The molecule has 0 aromatic rings. The van der Waals surface area contributed by atoms with Gasteiger partial charge < -0.3 is 10.8 Å². The summed E-state index contributed by atoms with van der Waals surface area (Å²) in [5, 5.41) is 15.0. The summed E-state index contributed by atoms with van der Waals surface area (Å²) in [5.74, 6) is 3.14. The summed E-state index contributed by atoms with van der Waals surface area (Å²) in [6.07, 6.45) is 10.7. The first-order valence-corrected chi connectivity index (χ1v) is 10.6. The van der Waals surface area contributed by atoms with Crippen molar-refractivity contribution in [3.8, 4) is 0 Å². The minimum absolute atomic E-state index is 0.0557. The van der Waals surface area contributed by atoms with Crippen LogP contribution in [-0.2, 0) is 0 Å². The number of hydrogen-bond acceptors (Lipinski definition) is 3. The standard InChI is InChI=1S/C20H33N3OS/c1-19-9-7-13(24)11-12(19)3-4-14-15-5-6-17(22-23-18(21)25)20(15,2)10-8-16(14)19/h12-16,24H,3-11H2,1-2H3,(H3,21,23,25)/b22-17+/t12-,13+,14+,15+,16+,19-,20-/m0/s1. The molecule has 0 spiro atoms. The summed E-state index contributed by atoms with van der Waals surface area (Å²) in [6, 6.07) is 0. The highest BCUT2D eigenvalue weighted by atomic mass is 32.1. The number of aliphatic hydroxyl groups excluding tert-OH is 1. The smallest absolute Gasteiger partial charge is 0.184 e. The Morgan fingerprint density at radius 1 is 1.16 bits per heavy atom. The quantitative estimate of drug-likeness (QED) is 0.492. The van der Waals surface area contributed by atoms with Crippen molar-refractivity contribution in [2.24, 2.45) is 45.3 Å². The Bertz CT molecular complexity index is 593. The highest BCUT2D eigenvalue weighted by Crippen LogP contribution is 2.65. The SMILES string of the molecule is C[C@]12CC[C@@H](O)C[C@@H]1CC[C@H]1[C@H]2CC[C@]2(C)/C(=N/NC(N)=S)CC[C@H]12. The van der Waals surface area contributed by atoms with Crippen LogP contribution in [0.1, 0.15) is 71.6 Å². The Morgan fingerprint density at radius 3 is 2.72 bits per heavy atom. The maximum Gasteiger partial charge on any atom is 0.184 e. The van der Waals surface area contributed by atoms with Crippen molar-refractivity contribution in [2.75, 3.05) is 0 Å². The predicted molar refractivity (Wildman–Crippen MR) is 105 cm³/mol. The van der Waals surface area contributed by atoms with Crippen LogP contribution in [0.25, 0.3) is 0 Å². The Balaban J connectivity index is 1.58. The monoisotopic (exact) mass is 363 g/mol. The molecule has 0 bridgehead atoms. The van der Waals surface area contributed by atoms with Crippen molar-refractivity contribution < 1.29 is 5.11 Å². The first-order chi connectivity index (χ1) is 11.8. The second-order valence-electron chi connectivity index (χ2n) is 9.61. The van der Waals surface area contributed by atoms with E-state index in [1.165, 1.54) is 44.2 Å². The van der Waals surface area contributed by atoms with Crippen molar-refractivity contribution in [3.05, 3.63) is 0 Å². The largest absolute Gasteiger partial charge is 0.393 e. The van der Waals surface area contributed by atoms with E-state index in [9.17, 15) is 5.11 Å². The van der Waals surface area contributed by atoms with Gasteiger partial charge in [-0.25, -0.2) is 0 Å². The van der Waals surface area contributed by atoms with Crippen LogP contribution < -0.4 is 11.2 Å². The Hall–Kier alpha value is -0.680.